The molecule has 90 valence electrons. The minimum atomic E-state index is -0.378. The summed E-state index contributed by atoms with van der Waals surface area (Å²) in [5.74, 6) is 0. The van der Waals surface area contributed by atoms with Crippen LogP contribution in [0.15, 0.2) is 42.5 Å². The molecule has 0 saturated heterocycles. The van der Waals surface area contributed by atoms with E-state index in [-0.39, 0.29) is 10.6 Å². The Labute approximate surface area is 104 Å². The van der Waals surface area contributed by atoms with E-state index in [2.05, 4.69) is 11.4 Å². The van der Waals surface area contributed by atoms with Crippen LogP contribution in [0.25, 0.3) is 11.1 Å². The van der Waals surface area contributed by atoms with E-state index in [0.717, 1.165) is 29.8 Å². The molecule has 0 bridgehead atoms. The van der Waals surface area contributed by atoms with E-state index in [4.69, 9.17) is 0 Å². The Hall–Kier alpha value is -2.36. The molecule has 2 aromatic carbocycles. The van der Waals surface area contributed by atoms with Crippen molar-refractivity contribution in [3.05, 3.63) is 58.1 Å². The predicted molar refractivity (Wildman–Crippen MR) is 70.7 cm³/mol. The molecule has 18 heavy (non-hydrogen) atoms. The van der Waals surface area contributed by atoms with E-state index in [0.29, 0.717) is 0 Å². The molecule has 4 nitrogen and oxygen atoms in total. The number of hydrogen-bond acceptors (Lipinski definition) is 3. The fraction of sp³-hybridized carbons (Fsp3) is 0.143. The Morgan fingerprint density at radius 1 is 1.11 bits per heavy atom. The molecule has 1 aliphatic rings. The van der Waals surface area contributed by atoms with Gasteiger partial charge in [0.2, 0.25) is 0 Å². The molecule has 1 aliphatic heterocycles. The summed E-state index contributed by atoms with van der Waals surface area (Å²) >= 11 is 0. The van der Waals surface area contributed by atoms with Gasteiger partial charge in [-0.15, -0.1) is 0 Å². The summed E-state index contributed by atoms with van der Waals surface area (Å²) in [7, 11) is 0. The lowest BCUT2D eigenvalue weighted by atomic mass is 10.0. The van der Waals surface area contributed by atoms with E-state index in [9.17, 15) is 10.1 Å². The average molecular weight is 240 g/mol. The van der Waals surface area contributed by atoms with Crippen LogP contribution >= 0.6 is 0 Å². The van der Waals surface area contributed by atoms with Crippen LogP contribution in [0.2, 0.25) is 0 Å². The van der Waals surface area contributed by atoms with Crippen LogP contribution in [0, 0.1) is 10.1 Å². The molecule has 0 aromatic heterocycles. The summed E-state index contributed by atoms with van der Waals surface area (Å²) in [6, 6.07) is 12.9. The van der Waals surface area contributed by atoms with E-state index < -0.39 is 0 Å². The molecule has 1 heterocycles. The fourth-order valence-corrected chi connectivity index (χ4v) is 2.34. The third-order valence-corrected chi connectivity index (χ3v) is 3.24. The second kappa shape index (κ2) is 4.14. The summed E-state index contributed by atoms with van der Waals surface area (Å²) in [6.45, 7) is 0.958. The lowest BCUT2D eigenvalue weighted by molar-refractivity contribution is -0.384. The van der Waals surface area contributed by atoms with Crippen LogP contribution < -0.4 is 5.32 Å². The number of nitrogens with one attached hydrogen (secondary N) is 1. The number of nitrogens with zero attached hydrogens (tertiary/aromatic N) is 1. The first-order chi connectivity index (χ1) is 8.75. The fourth-order valence-electron chi connectivity index (χ4n) is 2.34. The quantitative estimate of drug-likeness (QED) is 0.647. The van der Waals surface area contributed by atoms with Crippen LogP contribution in [0.1, 0.15) is 5.56 Å². The maximum Gasteiger partial charge on any atom is 0.269 e. The average Bonchev–Trinajstić information content (AvgIpc) is 2.87. The lowest BCUT2D eigenvalue weighted by Gasteiger charge is -2.08. The topological polar surface area (TPSA) is 55.2 Å². The zero-order chi connectivity index (χ0) is 12.5. The van der Waals surface area contributed by atoms with E-state index in [1.54, 1.807) is 24.3 Å². The lowest BCUT2D eigenvalue weighted by Crippen LogP contribution is -1.93. The highest BCUT2D eigenvalue weighted by molar-refractivity contribution is 5.82. The number of nitro groups is 1. The van der Waals surface area contributed by atoms with E-state index in [1.165, 1.54) is 5.56 Å². The monoisotopic (exact) mass is 240 g/mol. The molecule has 2 aromatic rings. The molecular formula is C14H12N2O2. The molecule has 0 saturated carbocycles. The normalized spacial score (nSPS) is 12.9. The van der Waals surface area contributed by atoms with Crippen molar-refractivity contribution in [3.63, 3.8) is 0 Å². The summed E-state index contributed by atoms with van der Waals surface area (Å²) in [6.07, 6.45) is 1.04. The first-order valence-corrected chi connectivity index (χ1v) is 5.86. The van der Waals surface area contributed by atoms with E-state index in [1.807, 2.05) is 12.1 Å². The number of hydrogen-bond donors (Lipinski definition) is 1. The maximum absolute atomic E-state index is 10.6. The highest BCUT2D eigenvalue weighted by atomic mass is 16.6. The van der Waals surface area contributed by atoms with Gasteiger partial charge in [-0.1, -0.05) is 18.2 Å². The zero-order valence-electron chi connectivity index (χ0n) is 9.72. The third kappa shape index (κ3) is 1.72. The Kier molecular flexibility index (Phi) is 2.48. The van der Waals surface area contributed by atoms with Crippen LogP contribution in [-0.4, -0.2) is 11.5 Å². The summed E-state index contributed by atoms with van der Waals surface area (Å²) in [5.41, 5.74) is 4.71. The van der Waals surface area contributed by atoms with Crippen molar-refractivity contribution in [2.24, 2.45) is 0 Å². The summed E-state index contributed by atoms with van der Waals surface area (Å²) in [5, 5.41) is 14.0. The summed E-state index contributed by atoms with van der Waals surface area (Å²) < 4.78 is 0. The Bertz CT molecular complexity index is 606. The highest BCUT2D eigenvalue weighted by Crippen LogP contribution is 2.34. The number of fused-ring (bicyclic) bond motifs is 1. The van der Waals surface area contributed by atoms with Gasteiger partial charge in [-0.05, 0) is 29.7 Å². The van der Waals surface area contributed by atoms with Crippen molar-refractivity contribution >= 4 is 11.4 Å². The number of para-hydroxylation sites is 1. The number of anilines is 1. The maximum atomic E-state index is 10.6. The Morgan fingerprint density at radius 2 is 1.89 bits per heavy atom. The number of non-ortho nitro benzene ring substituents is 1. The van der Waals surface area contributed by atoms with Crippen LogP contribution in [0.3, 0.4) is 0 Å². The molecule has 4 heteroatoms. The zero-order valence-corrected chi connectivity index (χ0v) is 9.72. The van der Waals surface area contributed by atoms with Crippen molar-refractivity contribution in [1.82, 2.24) is 0 Å². The first-order valence-electron chi connectivity index (χ1n) is 5.86. The molecule has 0 radical (unpaired) electrons. The SMILES string of the molecule is O=[N+]([O-])c1ccc(-c2cccc3c2NCC3)cc1. The van der Waals surface area contributed by atoms with Gasteiger partial charge in [0, 0.05) is 29.9 Å². The van der Waals surface area contributed by atoms with Crippen molar-refractivity contribution in [2.75, 3.05) is 11.9 Å². The van der Waals surface area contributed by atoms with Gasteiger partial charge in [-0.25, -0.2) is 0 Å². The largest absolute Gasteiger partial charge is 0.384 e. The molecule has 0 aliphatic carbocycles. The van der Waals surface area contributed by atoms with Crippen molar-refractivity contribution in [1.29, 1.82) is 0 Å². The van der Waals surface area contributed by atoms with Gasteiger partial charge in [0.05, 0.1) is 4.92 Å². The molecule has 0 fully saturated rings. The van der Waals surface area contributed by atoms with Gasteiger partial charge in [-0.2, -0.15) is 0 Å². The van der Waals surface area contributed by atoms with Crippen molar-refractivity contribution in [3.8, 4) is 11.1 Å². The van der Waals surface area contributed by atoms with Gasteiger partial charge in [0.25, 0.3) is 5.69 Å². The minimum absolute atomic E-state index is 0.124. The highest BCUT2D eigenvalue weighted by Gasteiger charge is 2.15. The first kappa shape index (κ1) is 10.8. The molecule has 3 rings (SSSR count). The number of nitro benzene ring substituents is 1. The van der Waals surface area contributed by atoms with Crippen LogP contribution in [0.4, 0.5) is 11.4 Å². The molecule has 0 unspecified atom stereocenters. The van der Waals surface area contributed by atoms with Gasteiger partial charge < -0.3 is 5.32 Å². The molecule has 1 N–H and O–H groups in total. The Morgan fingerprint density at radius 3 is 2.61 bits per heavy atom. The van der Waals surface area contributed by atoms with Gasteiger partial charge in [0.15, 0.2) is 0 Å². The Balaban J connectivity index is 2.05. The van der Waals surface area contributed by atoms with Crippen LogP contribution in [0.5, 0.6) is 0 Å². The second-order valence-corrected chi connectivity index (χ2v) is 4.32. The second-order valence-electron chi connectivity index (χ2n) is 4.32. The van der Waals surface area contributed by atoms with Crippen molar-refractivity contribution in [2.45, 2.75) is 6.42 Å². The van der Waals surface area contributed by atoms with Crippen LogP contribution in [-0.2, 0) is 6.42 Å². The molecule has 0 atom stereocenters. The van der Waals surface area contributed by atoms with Gasteiger partial charge >= 0.3 is 0 Å². The number of rotatable bonds is 2. The standard InChI is InChI=1S/C14H12N2O2/c17-16(18)12-6-4-10(5-7-12)13-3-1-2-11-8-9-15-14(11)13/h1-7,15H,8-9H2. The smallest absolute Gasteiger partial charge is 0.269 e. The van der Waals surface area contributed by atoms with Gasteiger partial charge in [0.1, 0.15) is 0 Å². The predicted octanol–water partition coefficient (Wildman–Crippen LogP) is 3.23. The van der Waals surface area contributed by atoms with Gasteiger partial charge in [-0.3, -0.25) is 10.1 Å². The van der Waals surface area contributed by atoms with Crippen molar-refractivity contribution < 1.29 is 4.92 Å². The third-order valence-electron chi connectivity index (χ3n) is 3.24. The minimum Gasteiger partial charge on any atom is -0.384 e. The van der Waals surface area contributed by atoms with E-state index >= 15 is 0 Å². The number of benzene rings is 2. The summed E-state index contributed by atoms with van der Waals surface area (Å²) in [4.78, 5) is 10.3. The molecule has 0 amide bonds. The molecular weight excluding hydrogens is 228 g/mol. The molecule has 0 spiro atoms.